The van der Waals surface area contributed by atoms with Crippen molar-refractivity contribution in [2.24, 2.45) is 5.92 Å². The highest BCUT2D eigenvalue weighted by Crippen LogP contribution is 2.30. The normalized spacial score (nSPS) is 16.2. The molecule has 5 nitrogen and oxygen atoms in total. The first-order valence-corrected chi connectivity index (χ1v) is 6.75. The van der Waals surface area contributed by atoms with E-state index >= 15 is 0 Å². The summed E-state index contributed by atoms with van der Waals surface area (Å²) in [7, 11) is 3.86. The maximum atomic E-state index is 12.6. The molecule has 1 unspecified atom stereocenters. The number of carbonyl (C=O) groups excluding carboxylic acids is 2. The maximum absolute atomic E-state index is 12.6. The van der Waals surface area contributed by atoms with Gasteiger partial charge < -0.3 is 10.6 Å². The molecule has 1 atom stereocenters. The molecule has 0 saturated heterocycles. The predicted octanol–water partition coefficient (Wildman–Crippen LogP) is 1.45. The highest BCUT2D eigenvalue weighted by Gasteiger charge is 2.42. The van der Waals surface area contributed by atoms with E-state index in [4.69, 9.17) is 5.73 Å². The molecule has 0 aliphatic carbocycles. The number of benzene rings is 1. The summed E-state index contributed by atoms with van der Waals surface area (Å²) in [5.41, 5.74) is 6.99. The number of nitrogens with two attached hydrogens (primary N) is 1. The molecule has 2 rings (SSSR count). The molecular weight excluding hydrogens is 254 g/mol. The van der Waals surface area contributed by atoms with Gasteiger partial charge in [0.05, 0.1) is 17.2 Å². The van der Waals surface area contributed by atoms with E-state index in [1.54, 1.807) is 18.2 Å². The van der Waals surface area contributed by atoms with E-state index < -0.39 is 0 Å². The monoisotopic (exact) mass is 275 g/mol. The van der Waals surface area contributed by atoms with E-state index in [0.29, 0.717) is 23.4 Å². The highest BCUT2D eigenvalue weighted by molar-refractivity contribution is 6.23. The Balaban J connectivity index is 2.43. The van der Waals surface area contributed by atoms with Crippen LogP contribution in [0.2, 0.25) is 0 Å². The summed E-state index contributed by atoms with van der Waals surface area (Å²) >= 11 is 0. The Morgan fingerprint density at radius 1 is 1.20 bits per heavy atom. The van der Waals surface area contributed by atoms with Gasteiger partial charge in [-0.25, -0.2) is 0 Å². The van der Waals surface area contributed by atoms with Crippen LogP contribution in [0.3, 0.4) is 0 Å². The summed E-state index contributed by atoms with van der Waals surface area (Å²) in [6.07, 6.45) is 0. The van der Waals surface area contributed by atoms with Gasteiger partial charge in [0, 0.05) is 12.2 Å². The smallest absolute Gasteiger partial charge is 0.263 e. The number of carbonyl (C=O) groups is 2. The molecule has 2 amide bonds. The number of nitrogen functional groups attached to an aromatic ring is 1. The maximum Gasteiger partial charge on any atom is 0.263 e. The second kappa shape index (κ2) is 5.25. The van der Waals surface area contributed by atoms with Gasteiger partial charge in [0.2, 0.25) is 0 Å². The van der Waals surface area contributed by atoms with Crippen molar-refractivity contribution in [3.8, 4) is 0 Å². The molecule has 108 valence electrons. The molecule has 0 saturated carbocycles. The topological polar surface area (TPSA) is 66.6 Å². The minimum Gasteiger partial charge on any atom is -0.398 e. The minimum absolute atomic E-state index is 0.156. The zero-order valence-corrected chi connectivity index (χ0v) is 12.4. The number of hydrogen-bond acceptors (Lipinski definition) is 4. The molecule has 1 aromatic rings. The van der Waals surface area contributed by atoms with Gasteiger partial charge >= 0.3 is 0 Å². The second-order valence-electron chi connectivity index (χ2n) is 5.82. The molecule has 0 radical (unpaired) electrons. The molecule has 20 heavy (non-hydrogen) atoms. The average Bonchev–Trinajstić information content (AvgIpc) is 2.60. The molecule has 2 N–H and O–H groups in total. The van der Waals surface area contributed by atoms with Crippen LogP contribution in [-0.4, -0.2) is 48.3 Å². The van der Waals surface area contributed by atoms with Crippen LogP contribution < -0.4 is 5.73 Å². The number of rotatable bonds is 4. The molecule has 5 heteroatoms. The average molecular weight is 275 g/mol. The summed E-state index contributed by atoms with van der Waals surface area (Å²) in [6.45, 7) is 4.67. The summed E-state index contributed by atoms with van der Waals surface area (Å²) in [4.78, 5) is 28.4. The third-order valence-electron chi connectivity index (χ3n) is 3.63. The van der Waals surface area contributed by atoms with Crippen molar-refractivity contribution in [1.29, 1.82) is 0 Å². The molecule has 1 aliphatic heterocycles. The van der Waals surface area contributed by atoms with Crippen molar-refractivity contribution in [2.45, 2.75) is 19.9 Å². The zero-order chi connectivity index (χ0) is 15.0. The zero-order valence-electron chi connectivity index (χ0n) is 12.4. The van der Waals surface area contributed by atoms with E-state index in [1.165, 1.54) is 4.90 Å². The lowest BCUT2D eigenvalue weighted by atomic mass is 10.0. The Bertz CT molecular complexity index is 552. The first kappa shape index (κ1) is 14.5. The van der Waals surface area contributed by atoms with Gasteiger partial charge in [0.25, 0.3) is 11.8 Å². The minimum atomic E-state index is -0.274. The molecule has 0 bridgehead atoms. The number of fused-ring (bicyclic) bond motifs is 1. The van der Waals surface area contributed by atoms with Crippen LogP contribution in [0.15, 0.2) is 18.2 Å². The van der Waals surface area contributed by atoms with Crippen molar-refractivity contribution < 1.29 is 9.59 Å². The number of amides is 2. The van der Waals surface area contributed by atoms with Crippen LogP contribution in [0.5, 0.6) is 0 Å². The largest absolute Gasteiger partial charge is 0.398 e. The van der Waals surface area contributed by atoms with Crippen molar-refractivity contribution in [1.82, 2.24) is 9.80 Å². The third-order valence-corrected chi connectivity index (χ3v) is 3.63. The van der Waals surface area contributed by atoms with Gasteiger partial charge in [0.15, 0.2) is 0 Å². The van der Waals surface area contributed by atoms with Crippen LogP contribution >= 0.6 is 0 Å². The molecule has 1 aliphatic rings. The summed E-state index contributed by atoms with van der Waals surface area (Å²) in [5.74, 6) is -0.331. The van der Waals surface area contributed by atoms with Crippen LogP contribution in [-0.2, 0) is 0 Å². The number of anilines is 1. The predicted molar refractivity (Wildman–Crippen MR) is 78.5 cm³/mol. The summed E-state index contributed by atoms with van der Waals surface area (Å²) in [5, 5.41) is 0. The Morgan fingerprint density at radius 3 is 2.35 bits per heavy atom. The van der Waals surface area contributed by atoms with Gasteiger partial charge in [-0.2, -0.15) is 0 Å². The Kier molecular flexibility index (Phi) is 3.81. The van der Waals surface area contributed by atoms with Crippen LogP contribution in [0.25, 0.3) is 0 Å². The van der Waals surface area contributed by atoms with E-state index in [0.717, 1.165) is 0 Å². The fourth-order valence-electron chi connectivity index (χ4n) is 2.60. The SMILES string of the molecule is CC(C)C(CN(C)C)N1C(=O)c2cccc(N)c2C1=O. The molecule has 1 heterocycles. The quantitative estimate of drug-likeness (QED) is 0.667. The van der Waals surface area contributed by atoms with Gasteiger partial charge in [-0.1, -0.05) is 19.9 Å². The lowest BCUT2D eigenvalue weighted by Gasteiger charge is -2.31. The standard InChI is InChI=1S/C15H21N3O2/c1-9(2)12(8-17(3)4)18-14(19)10-6-5-7-11(16)13(10)15(18)20/h5-7,9,12H,8,16H2,1-4H3. The lowest BCUT2D eigenvalue weighted by Crippen LogP contribution is -2.48. The van der Waals surface area contributed by atoms with E-state index in [-0.39, 0.29) is 23.8 Å². The number of likely N-dealkylation sites (N-methyl/N-ethyl adjacent to an activating group) is 1. The van der Waals surface area contributed by atoms with Crippen molar-refractivity contribution in [3.63, 3.8) is 0 Å². The molecule has 0 aromatic heterocycles. The summed E-state index contributed by atoms with van der Waals surface area (Å²) < 4.78 is 0. The molecule has 0 spiro atoms. The van der Waals surface area contributed by atoms with Gasteiger partial charge in [-0.3, -0.25) is 14.5 Å². The number of imide groups is 1. The van der Waals surface area contributed by atoms with Crippen LogP contribution in [0.1, 0.15) is 34.6 Å². The van der Waals surface area contributed by atoms with Gasteiger partial charge in [-0.15, -0.1) is 0 Å². The van der Waals surface area contributed by atoms with Crippen LogP contribution in [0, 0.1) is 5.92 Å². The van der Waals surface area contributed by atoms with Gasteiger partial charge in [-0.05, 0) is 32.1 Å². The second-order valence-corrected chi connectivity index (χ2v) is 5.82. The van der Waals surface area contributed by atoms with E-state index in [1.807, 2.05) is 32.8 Å². The van der Waals surface area contributed by atoms with Gasteiger partial charge in [0.1, 0.15) is 0 Å². The van der Waals surface area contributed by atoms with Crippen molar-refractivity contribution in [3.05, 3.63) is 29.3 Å². The first-order chi connectivity index (χ1) is 9.34. The van der Waals surface area contributed by atoms with Crippen molar-refractivity contribution in [2.75, 3.05) is 26.4 Å². The van der Waals surface area contributed by atoms with E-state index in [9.17, 15) is 9.59 Å². The first-order valence-electron chi connectivity index (χ1n) is 6.75. The summed E-state index contributed by atoms with van der Waals surface area (Å²) in [6, 6.07) is 4.87. The molecular formula is C15H21N3O2. The Labute approximate surface area is 119 Å². The molecule has 1 aromatic carbocycles. The lowest BCUT2D eigenvalue weighted by molar-refractivity contribution is 0.0510. The number of nitrogens with zero attached hydrogens (tertiary/aromatic N) is 2. The fourth-order valence-corrected chi connectivity index (χ4v) is 2.60. The fraction of sp³-hybridized carbons (Fsp3) is 0.467. The Hall–Kier alpha value is -1.88. The highest BCUT2D eigenvalue weighted by atomic mass is 16.2. The molecule has 0 fully saturated rings. The van der Waals surface area contributed by atoms with Crippen LogP contribution in [0.4, 0.5) is 5.69 Å². The third kappa shape index (κ3) is 2.29. The Morgan fingerprint density at radius 2 is 1.85 bits per heavy atom. The van der Waals surface area contributed by atoms with Crippen molar-refractivity contribution >= 4 is 17.5 Å². The number of hydrogen-bond donors (Lipinski definition) is 1. The van der Waals surface area contributed by atoms with E-state index in [2.05, 4.69) is 0 Å².